The molecule has 0 unspecified atom stereocenters. The molecule has 4 nitrogen and oxygen atoms in total. The maximum Gasteiger partial charge on any atom is 0.234 e. The van der Waals surface area contributed by atoms with E-state index < -0.39 is 0 Å². The van der Waals surface area contributed by atoms with Crippen molar-refractivity contribution in [1.82, 2.24) is 5.32 Å². The van der Waals surface area contributed by atoms with Crippen LogP contribution in [0.5, 0.6) is 0 Å². The average molecular weight is 181 g/mol. The summed E-state index contributed by atoms with van der Waals surface area (Å²) in [4.78, 5) is 11.0. The van der Waals surface area contributed by atoms with Crippen LogP contribution in [0.4, 0.5) is 0 Å². The average Bonchev–Trinajstić information content (AvgIpc) is 2.09. The van der Waals surface area contributed by atoms with E-state index in [9.17, 15) is 4.79 Å². The van der Waals surface area contributed by atoms with Crippen molar-refractivity contribution < 1.29 is 4.79 Å². The van der Waals surface area contributed by atoms with Gasteiger partial charge in [0.05, 0.1) is 6.07 Å². The van der Waals surface area contributed by atoms with E-state index >= 15 is 0 Å². The molecule has 0 heterocycles. The first kappa shape index (κ1) is 10.0. The van der Waals surface area contributed by atoms with Crippen molar-refractivity contribution in [2.45, 2.75) is 44.2 Å². The summed E-state index contributed by atoms with van der Waals surface area (Å²) in [7, 11) is 0. The minimum atomic E-state index is -0.164. The molecule has 3 N–H and O–H groups in total. The summed E-state index contributed by atoms with van der Waals surface area (Å²) in [5, 5.41) is 11.1. The van der Waals surface area contributed by atoms with Crippen LogP contribution in [0.15, 0.2) is 0 Å². The van der Waals surface area contributed by atoms with Crippen LogP contribution in [-0.4, -0.2) is 18.0 Å². The van der Waals surface area contributed by atoms with Gasteiger partial charge in [0.15, 0.2) is 0 Å². The van der Waals surface area contributed by atoms with E-state index in [1.165, 1.54) is 0 Å². The third-order valence-electron chi connectivity index (χ3n) is 2.38. The first-order chi connectivity index (χ1) is 6.22. The molecule has 1 rings (SSSR count). The number of hydrogen-bond acceptors (Lipinski definition) is 3. The lowest BCUT2D eigenvalue weighted by molar-refractivity contribution is -0.121. The Morgan fingerprint density at radius 3 is 2.62 bits per heavy atom. The summed E-state index contributed by atoms with van der Waals surface area (Å²) in [5.41, 5.74) is 5.72. The Labute approximate surface area is 78.1 Å². The monoisotopic (exact) mass is 181 g/mol. The van der Waals surface area contributed by atoms with Gasteiger partial charge in [0.25, 0.3) is 0 Å². The molecule has 0 atom stereocenters. The molecule has 0 saturated heterocycles. The van der Waals surface area contributed by atoms with Crippen LogP contribution in [-0.2, 0) is 4.79 Å². The lowest BCUT2D eigenvalue weighted by Gasteiger charge is -2.26. The fourth-order valence-corrected chi connectivity index (χ4v) is 1.61. The van der Waals surface area contributed by atoms with E-state index in [-0.39, 0.29) is 18.4 Å². The molecule has 0 aromatic heterocycles. The van der Waals surface area contributed by atoms with Gasteiger partial charge in [-0.2, -0.15) is 5.26 Å². The van der Waals surface area contributed by atoms with Crippen molar-refractivity contribution in [3.8, 4) is 6.07 Å². The molecule has 72 valence electrons. The van der Waals surface area contributed by atoms with Gasteiger partial charge in [-0.15, -0.1) is 0 Å². The molecule has 1 amide bonds. The summed E-state index contributed by atoms with van der Waals surface area (Å²) < 4.78 is 0. The number of nitrogens with zero attached hydrogens (tertiary/aromatic N) is 1. The topological polar surface area (TPSA) is 78.9 Å². The normalized spacial score (nSPS) is 27.7. The van der Waals surface area contributed by atoms with Crippen molar-refractivity contribution in [3.05, 3.63) is 0 Å². The fourth-order valence-electron chi connectivity index (χ4n) is 1.61. The van der Waals surface area contributed by atoms with E-state index in [1.54, 1.807) is 0 Å². The lowest BCUT2D eigenvalue weighted by Crippen LogP contribution is -2.40. The van der Waals surface area contributed by atoms with Crippen LogP contribution in [0, 0.1) is 11.3 Å². The number of nitrogens with two attached hydrogens (primary N) is 1. The summed E-state index contributed by atoms with van der Waals surface area (Å²) in [5.74, 6) is -0.164. The Morgan fingerprint density at radius 2 is 2.08 bits per heavy atom. The Kier molecular flexibility index (Phi) is 3.71. The highest BCUT2D eigenvalue weighted by Crippen LogP contribution is 2.16. The number of hydrogen-bond donors (Lipinski definition) is 2. The third kappa shape index (κ3) is 3.43. The van der Waals surface area contributed by atoms with E-state index in [0.717, 1.165) is 25.7 Å². The van der Waals surface area contributed by atoms with Gasteiger partial charge in [-0.3, -0.25) is 4.79 Å². The van der Waals surface area contributed by atoms with E-state index in [2.05, 4.69) is 5.32 Å². The van der Waals surface area contributed by atoms with Crippen LogP contribution < -0.4 is 11.1 Å². The summed E-state index contributed by atoms with van der Waals surface area (Å²) in [6.07, 6.45) is 3.79. The van der Waals surface area contributed by atoms with Gasteiger partial charge in [-0.25, -0.2) is 0 Å². The second-order valence-electron chi connectivity index (χ2n) is 3.51. The standard InChI is InChI=1S/C9H15N3O/c10-6-5-9(13)12-8-3-1-7(11)2-4-8/h7-8H,1-5,11H2,(H,12,13). The summed E-state index contributed by atoms with van der Waals surface area (Å²) in [6, 6.07) is 2.36. The smallest absolute Gasteiger partial charge is 0.234 e. The van der Waals surface area contributed by atoms with Gasteiger partial charge < -0.3 is 11.1 Å². The first-order valence-corrected chi connectivity index (χ1v) is 4.64. The van der Waals surface area contributed by atoms with Gasteiger partial charge in [0, 0.05) is 12.1 Å². The molecule has 0 bridgehead atoms. The molecular formula is C9H15N3O. The highest BCUT2D eigenvalue weighted by Gasteiger charge is 2.19. The Hall–Kier alpha value is -1.08. The van der Waals surface area contributed by atoms with Gasteiger partial charge >= 0.3 is 0 Å². The van der Waals surface area contributed by atoms with Crippen LogP contribution in [0.25, 0.3) is 0 Å². The third-order valence-corrected chi connectivity index (χ3v) is 2.38. The van der Waals surface area contributed by atoms with Gasteiger partial charge in [0.2, 0.25) is 5.91 Å². The molecule has 0 aromatic rings. The molecule has 1 aliphatic carbocycles. The number of amides is 1. The molecule has 4 heteroatoms. The fraction of sp³-hybridized carbons (Fsp3) is 0.778. The quantitative estimate of drug-likeness (QED) is 0.642. The van der Waals surface area contributed by atoms with Gasteiger partial charge in [0.1, 0.15) is 6.42 Å². The molecule has 1 aliphatic rings. The summed E-state index contributed by atoms with van der Waals surface area (Å²) in [6.45, 7) is 0. The van der Waals surface area contributed by atoms with Crippen LogP contribution >= 0.6 is 0 Å². The van der Waals surface area contributed by atoms with Crippen LogP contribution in [0.3, 0.4) is 0 Å². The van der Waals surface area contributed by atoms with Crippen molar-refractivity contribution in [2.24, 2.45) is 5.73 Å². The molecule has 0 radical (unpaired) electrons. The number of rotatable bonds is 2. The number of carbonyl (C=O) groups is 1. The second kappa shape index (κ2) is 4.83. The zero-order chi connectivity index (χ0) is 9.68. The molecule has 1 saturated carbocycles. The lowest BCUT2D eigenvalue weighted by atomic mass is 9.92. The minimum Gasteiger partial charge on any atom is -0.352 e. The molecule has 0 spiro atoms. The summed E-state index contributed by atoms with van der Waals surface area (Å²) >= 11 is 0. The molecular weight excluding hydrogens is 166 g/mol. The van der Waals surface area contributed by atoms with Crippen molar-refractivity contribution in [1.29, 1.82) is 5.26 Å². The maximum absolute atomic E-state index is 11.0. The van der Waals surface area contributed by atoms with E-state index in [4.69, 9.17) is 11.0 Å². The predicted octanol–water partition coefficient (Wildman–Crippen LogP) is 0.286. The van der Waals surface area contributed by atoms with Crippen molar-refractivity contribution in [3.63, 3.8) is 0 Å². The molecule has 1 fully saturated rings. The largest absolute Gasteiger partial charge is 0.352 e. The molecule has 0 aromatic carbocycles. The zero-order valence-electron chi connectivity index (χ0n) is 7.62. The van der Waals surface area contributed by atoms with E-state index in [0.29, 0.717) is 6.04 Å². The minimum absolute atomic E-state index is 0.0391. The van der Waals surface area contributed by atoms with Crippen LogP contribution in [0.2, 0.25) is 0 Å². The number of nitrogens with one attached hydrogen (secondary N) is 1. The Balaban J connectivity index is 2.23. The highest BCUT2D eigenvalue weighted by atomic mass is 16.1. The SMILES string of the molecule is N#CCC(=O)NC1CCC(N)CC1. The van der Waals surface area contributed by atoms with Crippen molar-refractivity contribution >= 4 is 5.91 Å². The Bertz CT molecular complexity index is 213. The molecule has 13 heavy (non-hydrogen) atoms. The van der Waals surface area contributed by atoms with Crippen molar-refractivity contribution in [2.75, 3.05) is 0 Å². The Morgan fingerprint density at radius 1 is 1.46 bits per heavy atom. The van der Waals surface area contributed by atoms with Crippen LogP contribution in [0.1, 0.15) is 32.1 Å². The first-order valence-electron chi connectivity index (χ1n) is 4.64. The predicted molar refractivity (Wildman–Crippen MR) is 48.6 cm³/mol. The zero-order valence-corrected chi connectivity index (χ0v) is 7.62. The maximum atomic E-state index is 11.0. The highest BCUT2D eigenvalue weighted by molar-refractivity contribution is 5.78. The number of nitriles is 1. The van der Waals surface area contributed by atoms with Gasteiger partial charge in [-0.1, -0.05) is 0 Å². The number of carbonyl (C=O) groups excluding carboxylic acids is 1. The van der Waals surface area contributed by atoms with Gasteiger partial charge in [-0.05, 0) is 25.7 Å². The second-order valence-corrected chi connectivity index (χ2v) is 3.51. The molecule has 0 aliphatic heterocycles. The van der Waals surface area contributed by atoms with E-state index in [1.807, 2.05) is 6.07 Å².